The highest BCUT2D eigenvalue weighted by atomic mass is 32.1. The zero-order valence-electron chi connectivity index (χ0n) is 10.5. The van der Waals surface area contributed by atoms with Gasteiger partial charge < -0.3 is 0 Å². The Kier molecular flexibility index (Phi) is 3.21. The van der Waals surface area contributed by atoms with Gasteiger partial charge in [-0.05, 0) is 29.5 Å². The van der Waals surface area contributed by atoms with Crippen molar-refractivity contribution in [3.8, 4) is 5.69 Å². The third kappa shape index (κ3) is 2.41. The van der Waals surface area contributed by atoms with E-state index in [-0.39, 0.29) is 5.91 Å². The second-order valence-electron chi connectivity index (χ2n) is 4.00. The average molecular weight is 286 g/mol. The molecule has 0 saturated carbocycles. The summed E-state index contributed by atoms with van der Waals surface area (Å²) in [5.74, 6) is -0.245. The van der Waals surface area contributed by atoms with Crippen molar-refractivity contribution in [2.45, 2.75) is 6.92 Å². The highest BCUT2D eigenvalue weighted by Crippen LogP contribution is 2.19. The van der Waals surface area contributed by atoms with Crippen LogP contribution in [-0.2, 0) is 0 Å². The maximum Gasteiger partial charge on any atom is 0.259 e. The fourth-order valence-electron chi connectivity index (χ4n) is 1.71. The molecule has 7 nitrogen and oxygen atoms in total. The van der Waals surface area contributed by atoms with Crippen molar-refractivity contribution in [3.63, 3.8) is 0 Å². The molecule has 0 unspecified atom stereocenters. The van der Waals surface area contributed by atoms with Crippen LogP contribution in [-0.4, -0.2) is 31.1 Å². The number of thiazole rings is 1. The van der Waals surface area contributed by atoms with Crippen LogP contribution in [0.25, 0.3) is 5.69 Å². The first-order valence-electron chi connectivity index (χ1n) is 5.80. The molecule has 2 aromatic heterocycles. The van der Waals surface area contributed by atoms with Crippen LogP contribution in [0.1, 0.15) is 15.2 Å². The van der Waals surface area contributed by atoms with Crippen molar-refractivity contribution in [2.24, 2.45) is 0 Å². The molecule has 0 aliphatic rings. The average Bonchev–Trinajstić information content (AvgIpc) is 3.10. The van der Waals surface area contributed by atoms with E-state index >= 15 is 0 Å². The summed E-state index contributed by atoms with van der Waals surface area (Å²) in [4.78, 5) is 17.5. The molecule has 0 aliphatic carbocycles. The number of amides is 1. The number of carbonyl (C=O) groups is 1. The molecule has 2 heterocycles. The number of hydrogen-bond acceptors (Lipinski definition) is 6. The highest BCUT2D eigenvalue weighted by molar-refractivity contribution is 7.15. The Hall–Kier alpha value is -2.61. The number of benzene rings is 1. The summed E-state index contributed by atoms with van der Waals surface area (Å²) in [6, 6.07) is 7.10. The minimum atomic E-state index is -0.245. The fourth-order valence-corrected chi connectivity index (χ4v) is 2.37. The summed E-state index contributed by atoms with van der Waals surface area (Å²) in [6.07, 6.45) is 3.16. The van der Waals surface area contributed by atoms with Crippen molar-refractivity contribution in [2.75, 3.05) is 5.32 Å². The van der Waals surface area contributed by atoms with Crippen LogP contribution in [0, 0.1) is 6.92 Å². The van der Waals surface area contributed by atoms with Crippen molar-refractivity contribution >= 4 is 22.4 Å². The Bertz CT molecular complexity index is 736. The minimum Gasteiger partial charge on any atom is -0.298 e. The Morgan fingerprint density at radius 1 is 1.35 bits per heavy atom. The van der Waals surface area contributed by atoms with Crippen molar-refractivity contribution in [1.82, 2.24) is 25.2 Å². The molecule has 1 aromatic carbocycles. The lowest BCUT2D eigenvalue weighted by Crippen LogP contribution is -2.15. The van der Waals surface area contributed by atoms with Gasteiger partial charge >= 0.3 is 0 Å². The second-order valence-corrected chi connectivity index (χ2v) is 5.24. The van der Waals surface area contributed by atoms with E-state index in [1.807, 2.05) is 13.0 Å². The molecular formula is C12H10N6OS. The van der Waals surface area contributed by atoms with Gasteiger partial charge in [0.05, 0.1) is 11.3 Å². The number of para-hydroxylation sites is 1. The molecule has 0 bridgehead atoms. The molecule has 0 aliphatic heterocycles. The molecule has 8 heteroatoms. The lowest BCUT2D eigenvalue weighted by Gasteiger charge is -2.07. The number of tetrazole rings is 1. The maximum absolute atomic E-state index is 12.3. The lowest BCUT2D eigenvalue weighted by atomic mass is 10.1. The van der Waals surface area contributed by atoms with Crippen LogP contribution in [0.5, 0.6) is 0 Å². The van der Waals surface area contributed by atoms with E-state index in [9.17, 15) is 4.79 Å². The lowest BCUT2D eigenvalue weighted by molar-refractivity contribution is 0.102. The van der Waals surface area contributed by atoms with Crippen LogP contribution in [0.2, 0.25) is 0 Å². The summed E-state index contributed by atoms with van der Waals surface area (Å²) in [6.45, 7) is 1.93. The largest absolute Gasteiger partial charge is 0.298 e. The molecule has 3 aromatic rings. The predicted molar refractivity (Wildman–Crippen MR) is 74.0 cm³/mol. The minimum absolute atomic E-state index is 0.245. The molecule has 100 valence electrons. The van der Waals surface area contributed by atoms with E-state index in [1.54, 1.807) is 24.4 Å². The Morgan fingerprint density at radius 3 is 2.90 bits per heavy atom. The summed E-state index contributed by atoms with van der Waals surface area (Å²) in [7, 11) is 0. The van der Waals surface area contributed by atoms with Gasteiger partial charge in [-0.2, -0.15) is 4.68 Å². The topological polar surface area (TPSA) is 85.6 Å². The number of carbonyl (C=O) groups excluding carboxylic acids is 1. The zero-order chi connectivity index (χ0) is 13.9. The number of aromatic nitrogens is 5. The maximum atomic E-state index is 12.3. The molecule has 0 atom stereocenters. The van der Waals surface area contributed by atoms with Crippen LogP contribution in [0.4, 0.5) is 5.13 Å². The summed E-state index contributed by atoms with van der Waals surface area (Å²) < 4.78 is 1.45. The standard InChI is InChI=1S/C12H10N6OS/c1-8-6-13-12(20-8)15-11(19)9-4-2-3-5-10(9)18-7-14-16-17-18/h2-7H,1H3,(H,13,15,19). The highest BCUT2D eigenvalue weighted by Gasteiger charge is 2.14. The fraction of sp³-hybridized carbons (Fsp3) is 0.0833. The van der Waals surface area contributed by atoms with Gasteiger partial charge in [0.2, 0.25) is 0 Å². The first-order valence-corrected chi connectivity index (χ1v) is 6.62. The van der Waals surface area contributed by atoms with Gasteiger partial charge in [0.1, 0.15) is 6.33 Å². The van der Waals surface area contributed by atoms with Crippen molar-refractivity contribution in [1.29, 1.82) is 0 Å². The van der Waals surface area contributed by atoms with Gasteiger partial charge in [-0.3, -0.25) is 10.1 Å². The van der Waals surface area contributed by atoms with Gasteiger partial charge in [0.25, 0.3) is 5.91 Å². The van der Waals surface area contributed by atoms with Crippen LogP contribution in [0.15, 0.2) is 36.8 Å². The van der Waals surface area contributed by atoms with Crippen LogP contribution < -0.4 is 5.32 Å². The van der Waals surface area contributed by atoms with Crippen molar-refractivity contribution < 1.29 is 4.79 Å². The van der Waals surface area contributed by atoms with Gasteiger partial charge in [-0.15, -0.1) is 16.4 Å². The Labute approximate surface area is 118 Å². The third-order valence-corrected chi connectivity index (χ3v) is 3.41. The Morgan fingerprint density at radius 2 is 2.20 bits per heavy atom. The number of rotatable bonds is 3. The summed E-state index contributed by atoms with van der Waals surface area (Å²) in [5.41, 5.74) is 1.09. The number of aryl methyl sites for hydroxylation is 1. The van der Waals surface area contributed by atoms with E-state index in [2.05, 4.69) is 25.8 Å². The first kappa shape index (κ1) is 12.4. The predicted octanol–water partition coefficient (Wildman–Crippen LogP) is 1.68. The van der Waals surface area contributed by atoms with Gasteiger partial charge in [-0.25, -0.2) is 4.98 Å². The number of anilines is 1. The molecule has 0 spiro atoms. The zero-order valence-corrected chi connectivity index (χ0v) is 11.3. The normalized spacial score (nSPS) is 10.4. The molecule has 1 N–H and O–H groups in total. The molecular weight excluding hydrogens is 276 g/mol. The second kappa shape index (κ2) is 5.17. The molecule has 0 radical (unpaired) electrons. The van der Waals surface area contributed by atoms with Gasteiger partial charge in [0.15, 0.2) is 5.13 Å². The van der Waals surface area contributed by atoms with Gasteiger partial charge in [-0.1, -0.05) is 12.1 Å². The number of nitrogens with zero attached hydrogens (tertiary/aromatic N) is 5. The molecule has 3 rings (SSSR count). The van der Waals surface area contributed by atoms with E-state index in [0.717, 1.165) is 4.88 Å². The number of hydrogen-bond donors (Lipinski definition) is 1. The van der Waals surface area contributed by atoms with Crippen LogP contribution in [0.3, 0.4) is 0 Å². The smallest absolute Gasteiger partial charge is 0.259 e. The van der Waals surface area contributed by atoms with Crippen LogP contribution >= 0.6 is 11.3 Å². The van der Waals surface area contributed by atoms with Crippen molar-refractivity contribution in [3.05, 3.63) is 47.2 Å². The van der Waals surface area contributed by atoms with E-state index in [0.29, 0.717) is 16.4 Å². The molecule has 0 saturated heterocycles. The van der Waals surface area contributed by atoms with E-state index in [4.69, 9.17) is 0 Å². The number of nitrogens with one attached hydrogen (secondary N) is 1. The molecule has 0 fully saturated rings. The quantitative estimate of drug-likeness (QED) is 0.791. The molecule has 1 amide bonds. The summed E-state index contributed by atoms with van der Waals surface area (Å²) >= 11 is 1.42. The monoisotopic (exact) mass is 286 g/mol. The van der Waals surface area contributed by atoms with E-state index < -0.39 is 0 Å². The molecule has 20 heavy (non-hydrogen) atoms. The summed E-state index contributed by atoms with van der Waals surface area (Å²) in [5, 5.41) is 14.3. The Balaban J connectivity index is 1.92. The SMILES string of the molecule is Cc1cnc(NC(=O)c2ccccc2-n2cnnn2)s1. The first-order chi connectivity index (χ1) is 9.74. The van der Waals surface area contributed by atoms with E-state index in [1.165, 1.54) is 22.3 Å². The third-order valence-electron chi connectivity index (χ3n) is 2.59. The van der Waals surface area contributed by atoms with Gasteiger partial charge in [0, 0.05) is 11.1 Å².